The molecule has 4 nitrogen and oxygen atoms in total. The van der Waals surface area contributed by atoms with E-state index in [1.54, 1.807) is 0 Å². The van der Waals surface area contributed by atoms with Crippen LogP contribution >= 0.6 is 0 Å². The summed E-state index contributed by atoms with van der Waals surface area (Å²) >= 11 is 0. The lowest BCUT2D eigenvalue weighted by Crippen LogP contribution is -1.95. The summed E-state index contributed by atoms with van der Waals surface area (Å²) in [5.74, 6) is -0.271. The Balaban J connectivity index is 2.15. The molecule has 0 fully saturated rings. The first kappa shape index (κ1) is 14.9. The van der Waals surface area contributed by atoms with Crippen LogP contribution in [0.5, 0.6) is 11.5 Å². The van der Waals surface area contributed by atoms with E-state index < -0.39 is 0 Å². The zero-order valence-corrected chi connectivity index (χ0v) is 14.4. The van der Waals surface area contributed by atoms with Gasteiger partial charge in [-0.05, 0) is 37.1 Å². The first-order valence-corrected chi connectivity index (χ1v) is 8.50. The number of rotatable bonds is 0. The van der Waals surface area contributed by atoms with Crippen molar-refractivity contribution in [3.8, 4) is 11.5 Å². The molecule has 5 rings (SSSR count). The maximum atomic E-state index is 10.8. The highest BCUT2D eigenvalue weighted by molar-refractivity contribution is 6.17. The summed E-state index contributed by atoms with van der Waals surface area (Å²) in [7, 11) is 0. The number of hydrogen-bond acceptors (Lipinski definition) is 4. The summed E-state index contributed by atoms with van der Waals surface area (Å²) in [5, 5.41) is 24.6. The van der Waals surface area contributed by atoms with Crippen molar-refractivity contribution < 1.29 is 10.2 Å². The van der Waals surface area contributed by atoms with Gasteiger partial charge in [0.15, 0.2) is 11.5 Å². The molecule has 2 N–H and O–H groups in total. The van der Waals surface area contributed by atoms with Crippen LogP contribution in [0.4, 0.5) is 0 Å². The molecule has 0 amide bonds. The Morgan fingerprint density at radius 2 is 1.00 bits per heavy atom. The highest BCUT2D eigenvalue weighted by Gasteiger charge is 2.21. The summed E-state index contributed by atoms with van der Waals surface area (Å²) in [5.41, 5.74) is 4.68. The van der Waals surface area contributed by atoms with Crippen LogP contribution in [-0.2, 0) is 0 Å². The largest absolute Gasteiger partial charge is 0.504 e. The van der Waals surface area contributed by atoms with E-state index in [0.717, 1.165) is 32.9 Å². The third kappa shape index (κ3) is 1.78. The van der Waals surface area contributed by atoms with Crippen LogP contribution in [-0.4, -0.2) is 20.2 Å². The molecule has 0 aliphatic heterocycles. The van der Waals surface area contributed by atoms with E-state index in [2.05, 4.69) is 0 Å². The van der Waals surface area contributed by atoms with E-state index in [1.165, 1.54) is 0 Å². The van der Waals surface area contributed by atoms with Crippen molar-refractivity contribution in [2.75, 3.05) is 0 Å². The Kier molecular flexibility index (Phi) is 2.89. The predicted octanol–water partition coefficient (Wildman–Crippen LogP) is 5.12. The number of fused-ring (bicyclic) bond motifs is 5. The van der Waals surface area contributed by atoms with Gasteiger partial charge in [-0.3, -0.25) is 0 Å². The topological polar surface area (TPSA) is 66.2 Å². The number of aryl methyl sites for hydroxylation is 2. The van der Waals surface area contributed by atoms with Gasteiger partial charge in [-0.1, -0.05) is 36.4 Å². The van der Waals surface area contributed by atoms with E-state index >= 15 is 0 Å². The number of hydrogen-bond donors (Lipinski definition) is 2. The van der Waals surface area contributed by atoms with Gasteiger partial charge < -0.3 is 10.2 Å². The van der Waals surface area contributed by atoms with Crippen LogP contribution in [0, 0.1) is 13.8 Å². The quantitative estimate of drug-likeness (QED) is 0.233. The van der Waals surface area contributed by atoms with Gasteiger partial charge in [-0.25, -0.2) is 9.97 Å². The number of nitrogens with zero attached hydrogens (tertiary/aromatic N) is 2. The van der Waals surface area contributed by atoms with Crippen molar-refractivity contribution in [1.82, 2.24) is 9.97 Å². The molecule has 0 saturated heterocycles. The van der Waals surface area contributed by atoms with E-state index in [-0.39, 0.29) is 11.5 Å². The normalized spacial score (nSPS) is 11.8. The minimum atomic E-state index is -0.136. The van der Waals surface area contributed by atoms with Crippen LogP contribution in [0.3, 0.4) is 0 Å². The molecular weight excluding hydrogens is 324 g/mol. The lowest BCUT2D eigenvalue weighted by Gasteiger charge is -2.15. The van der Waals surface area contributed by atoms with Gasteiger partial charge in [0.1, 0.15) is 11.0 Å². The Labute approximate surface area is 149 Å². The standard InChI is InChI=1S/C22H16N2O2/c1-11-13-7-3-5-9-15(13)23-19-17(11)21(25)22(26)18-12(2)14-8-4-6-10-16(14)24-20(18)19/h3-10,25-26H,1-2H3. The Morgan fingerprint density at radius 1 is 0.615 bits per heavy atom. The fraction of sp³-hybridized carbons (Fsp3) is 0.0909. The molecule has 26 heavy (non-hydrogen) atoms. The highest BCUT2D eigenvalue weighted by atomic mass is 16.3. The number of aromatic hydroxyl groups is 2. The molecule has 0 atom stereocenters. The third-order valence-electron chi connectivity index (χ3n) is 5.23. The smallest absolute Gasteiger partial charge is 0.168 e. The Morgan fingerprint density at radius 3 is 1.42 bits per heavy atom. The Bertz CT molecular complexity index is 1270. The molecule has 0 radical (unpaired) electrons. The highest BCUT2D eigenvalue weighted by Crippen LogP contribution is 2.45. The fourth-order valence-electron chi connectivity index (χ4n) is 3.91. The minimum absolute atomic E-state index is 0.136. The lowest BCUT2D eigenvalue weighted by atomic mass is 9.97. The van der Waals surface area contributed by atoms with Gasteiger partial charge >= 0.3 is 0 Å². The molecule has 2 heterocycles. The van der Waals surface area contributed by atoms with Crippen molar-refractivity contribution >= 4 is 43.6 Å². The number of para-hydroxylation sites is 2. The third-order valence-corrected chi connectivity index (χ3v) is 5.23. The molecule has 0 saturated carbocycles. The molecule has 0 bridgehead atoms. The predicted molar refractivity (Wildman–Crippen MR) is 105 cm³/mol. The number of aromatic nitrogens is 2. The second-order valence-electron chi connectivity index (χ2n) is 6.65. The molecule has 2 aromatic heterocycles. The molecular formula is C22H16N2O2. The molecule has 0 aliphatic rings. The van der Waals surface area contributed by atoms with Crippen molar-refractivity contribution in [2.24, 2.45) is 0 Å². The first-order chi connectivity index (χ1) is 12.6. The fourth-order valence-corrected chi connectivity index (χ4v) is 3.91. The van der Waals surface area contributed by atoms with Gasteiger partial charge in [0.2, 0.25) is 0 Å². The van der Waals surface area contributed by atoms with Gasteiger partial charge in [0.25, 0.3) is 0 Å². The van der Waals surface area contributed by atoms with Crippen molar-refractivity contribution in [3.05, 3.63) is 59.7 Å². The molecule has 5 aromatic rings. The average molecular weight is 340 g/mol. The van der Waals surface area contributed by atoms with Crippen LogP contribution in [0.25, 0.3) is 43.6 Å². The van der Waals surface area contributed by atoms with E-state index in [4.69, 9.17) is 9.97 Å². The number of phenols is 2. The van der Waals surface area contributed by atoms with E-state index in [9.17, 15) is 10.2 Å². The lowest BCUT2D eigenvalue weighted by molar-refractivity contribution is 0.412. The number of pyridine rings is 2. The van der Waals surface area contributed by atoms with E-state index in [0.29, 0.717) is 21.8 Å². The number of benzene rings is 3. The van der Waals surface area contributed by atoms with Gasteiger partial charge in [0.05, 0.1) is 21.8 Å². The van der Waals surface area contributed by atoms with Crippen LogP contribution in [0.2, 0.25) is 0 Å². The molecule has 0 spiro atoms. The van der Waals surface area contributed by atoms with Crippen LogP contribution < -0.4 is 0 Å². The maximum Gasteiger partial charge on any atom is 0.168 e. The molecule has 0 aliphatic carbocycles. The molecule has 4 heteroatoms. The van der Waals surface area contributed by atoms with Gasteiger partial charge in [-0.15, -0.1) is 0 Å². The summed E-state index contributed by atoms with van der Waals surface area (Å²) in [6.07, 6.45) is 0. The average Bonchev–Trinajstić information content (AvgIpc) is 2.66. The maximum absolute atomic E-state index is 10.8. The molecule has 3 aromatic carbocycles. The zero-order valence-electron chi connectivity index (χ0n) is 14.4. The minimum Gasteiger partial charge on any atom is -0.504 e. The van der Waals surface area contributed by atoms with E-state index in [1.807, 2.05) is 62.4 Å². The Hall–Kier alpha value is -3.40. The number of phenolic OH excluding ortho intramolecular Hbond substituents is 2. The summed E-state index contributed by atoms with van der Waals surface area (Å²) < 4.78 is 0. The monoisotopic (exact) mass is 340 g/mol. The summed E-state index contributed by atoms with van der Waals surface area (Å²) in [6, 6.07) is 15.6. The van der Waals surface area contributed by atoms with Crippen molar-refractivity contribution in [1.29, 1.82) is 0 Å². The van der Waals surface area contributed by atoms with Gasteiger partial charge in [-0.2, -0.15) is 0 Å². The SMILES string of the molecule is Cc1c2ccccc2nc2c1c(O)c(O)c1c(C)c3ccccc3nc12. The summed E-state index contributed by atoms with van der Waals surface area (Å²) in [6.45, 7) is 3.87. The van der Waals surface area contributed by atoms with Crippen LogP contribution in [0.1, 0.15) is 11.1 Å². The van der Waals surface area contributed by atoms with Crippen molar-refractivity contribution in [3.63, 3.8) is 0 Å². The zero-order chi connectivity index (χ0) is 18.0. The van der Waals surface area contributed by atoms with Gasteiger partial charge in [0, 0.05) is 10.8 Å². The second kappa shape index (κ2) is 5.05. The summed E-state index contributed by atoms with van der Waals surface area (Å²) in [4.78, 5) is 9.57. The second-order valence-corrected chi connectivity index (χ2v) is 6.65. The molecule has 0 unspecified atom stereocenters. The van der Waals surface area contributed by atoms with Crippen molar-refractivity contribution in [2.45, 2.75) is 13.8 Å². The molecule has 126 valence electrons. The van der Waals surface area contributed by atoms with Crippen LogP contribution in [0.15, 0.2) is 48.5 Å². The first-order valence-electron chi connectivity index (χ1n) is 8.50.